The van der Waals surface area contributed by atoms with Crippen molar-refractivity contribution in [3.05, 3.63) is 70.8 Å². The van der Waals surface area contributed by atoms with Crippen LogP contribution < -0.4 is 10.6 Å². The third kappa shape index (κ3) is 5.48. The normalized spacial score (nSPS) is 26.1. The van der Waals surface area contributed by atoms with Crippen LogP contribution in [0.4, 0.5) is 26.3 Å². The van der Waals surface area contributed by atoms with E-state index >= 15 is 0 Å². The molecular weight excluding hydrogens is 474 g/mol. The Labute approximate surface area is 199 Å². The van der Waals surface area contributed by atoms with Crippen molar-refractivity contribution in [2.24, 2.45) is 0 Å². The summed E-state index contributed by atoms with van der Waals surface area (Å²) < 4.78 is 85.6. The molecule has 2 aromatic carbocycles. The third-order valence-corrected chi connectivity index (χ3v) is 7.02. The van der Waals surface area contributed by atoms with Crippen LogP contribution in [0.2, 0.25) is 0 Å². The second kappa shape index (κ2) is 9.13. The van der Waals surface area contributed by atoms with E-state index in [0.717, 1.165) is 5.56 Å². The molecule has 0 bridgehead atoms. The van der Waals surface area contributed by atoms with Crippen molar-refractivity contribution in [2.75, 3.05) is 13.2 Å². The summed E-state index contributed by atoms with van der Waals surface area (Å²) in [6, 6.07) is 10.9. The van der Waals surface area contributed by atoms with E-state index in [1.807, 2.05) is 30.3 Å². The van der Waals surface area contributed by atoms with Gasteiger partial charge in [-0.15, -0.1) is 0 Å². The summed E-state index contributed by atoms with van der Waals surface area (Å²) in [6.07, 6.45) is -8.49. The molecular formula is C25H26F6N2O2. The summed E-state index contributed by atoms with van der Waals surface area (Å²) >= 11 is 0. The molecule has 2 fully saturated rings. The van der Waals surface area contributed by atoms with Gasteiger partial charge in [-0.3, -0.25) is 4.79 Å². The van der Waals surface area contributed by atoms with Crippen LogP contribution in [0, 0.1) is 0 Å². The monoisotopic (exact) mass is 500 g/mol. The molecule has 1 spiro atoms. The predicted molar refractivity (Wildman–Crippen MR) is 116 cm³/mol. The molecule has 3 atom stereocenters. The zero-order valence-electron chi connectivity index (χ0n) is 19.0. The Bertz CT molecular complexity index is 1030. The molecule has 2 heterocycles. The van der Waals surface area contributed by atoms with Crippen LogP contribution >= 0.6 is 0 Å². The lowest BCUT2D eigenvalue weighted by Crippen LogP contribution is -2.61. The van der Waals surface area contributed by atoms with Crippen LogP contribution in [0.1, 0.15) is 61.0 Å². The fourth-order valence-electron chi connectivity index (χ4n) is 4.85. The van der Waals surface area contributed by atoms with Gasteiger partial charge in [-0.1, -0.05) is 30.3 Å². The van der Waals surface area contributed by atoms with Gasteiger partial charge < -0.3 is 15.4 Å². The first-order valence-corrected chi connectivity index (χ1v) is 11.3. The summed E-state index contributed by atoms with van der Waals surface area (Å²) in [6.45, 7) is 1.95. The minimum absolute atomic E-state index is 0.00565. The topological polar surface area (TPSA) is 50.4 Å². The van der Waals surface area contributed by atoms with Crippen molar-refractivity contribution in [2.45, 2.75) is 62.1 Å². The summed E-state index contributed by atoms with van der Waals surface area (Å²) in [5.41, 5.74) is -3.11. The maximum Gasteiger partial charge on any atom is 0.416 e. The molecule has 35 heavy (non-hydrogen) atoms. The van der Waals surface area contributed by atoms with E-state index in [0.29, 0.717) is 44.4 Å². The highest BCUT2D eigenvalue weighted by atomic mass is 19.4. The lowest BCUT2D eigenvalue weighted by Gasteiger charge is -2.46. The number of amides is 1. The smallest absolute Gasteiger partial charge is 0.372 e. The van der Waals surface area contributed by atoms with Gasteiger partial charge in [0.05, 0.1) is 34.9 Å². The van der Waals surface area contributed by atoms with E-state index in [2.05, 4.69) is 10.6 Å². The molecule has 0 saturated carbocycles. The lowest BCUT2D eigenvalue weighted by atomic mass is 9.76. The summed E-state index contributed by atoms with van der Waals surface area (Å²) in [5, 5.41) is 6.52. The Kier molecular flexibility index (Phi) is 6.65. The van der Waals surface area contributed by atoms with Gasteiger partial charge in [0.15, 0.2) is 0 Å². The second-order valence-corrected chi connectivity index (χ2v) is 9.42. The maximum absolute atomic E-state index is 13.3. The number of hydrogen-bond acceptors (Lipinski definition) is 3. The quantitative estimate of drug-likeness (QED) is 0.516. The molecule has 4 nitrogen and oxygen atoms in total. The molecule has 10 heteroatoms. The minimum atomic E-state index is -4.92. The van der Waals surface area contributed by atoms with Gasteiger partial charge in [0, 0.05) is 13.0 Å². The highest BCUT2D eigenvalue weighted by Crippen LogP contribution is 2.40. The zero-order valence-corrected chi connectivity index (χ0v) is 19.0. The van der Waals surface area contributed by atoms with Crippen molar-refractivity contribution in [1.29, 1.82) is 0 Å². The number of alkyl halides is 6. The molecule has 2 saturated heterocycles. The summed E-state index contributed by atoms with van der Waals surface area (Å²) in [7, 11) is 0. The van der Waals surface area contributed by atoms with E-state index in [-0.39, 0.29) is 29.7 Å². The fraction of sp³-hybridized carbons (Fsp3) is 0.480. The van der Waals surface area contributed by atoms with Gasteiger partial charge >= 0.3 is 12.4 Å². The molecule has 0 aliphatic carbocycles. The number of ether oxygens (including phenoxy) is 1. The molecule has 1 unspecified atom stereocenters. The maximum atomic E-state index is 13.3. The van der Waals surface area contributed by atoms with Crippen LogP contribution in [0.15, 0.2) is 48.5 Å². The Hall–Kier alpha value is -2.59. The molecule has 0 aromatic heterocycles. The van der Waals surface area contributed by atoms with Gasteiger partial charge in [-0.05, 0) is 55.5 Å². The molecule has 2 aliphatic rings. The predicted octanol–water partition coefficient (Wildman–Crippen LogP) is 5.73. The molecule has 2 N–H and O–H groups in total. The van der Waals surface area contributed by atoms with Crippen molar-refractivity contribution >= 4 is 5.91 Å². The number of carbonyl (C=O) groups excluding carboxylic acids is 1. The van der Waals surface area contributed by atoms with Crippen LogP contribution in [-0.4, -0.2) is 24.6 Å². The first-order chi connectivity index (χ1) is 16.3. The number of piperidine rings is 1. The molecule has 2 aromatic rings. The molecule has 2 aliphatic heterocycles. The van der Waals surface area contributed by atoms with Gasteiger partial charge in [0.2, 0.25) is 5.91 Å². The number of nitrogens with one attached hydrogen (secondary N) is 2. The Morgan fingerprint density at radius 1 is 0.943 bits per heavy atom. The van der Waals surface area contributed by atoms with E-state index in [1.165, 1.54) is 6.92 Å². The standard InChI is InChI=1S/C25H26F6N2O2/c1-16(17-11-19(24(26,27)28)13-20(12-17)25(29,30)31)35-15-23(18-5-3-2-4-6-18)10-9-22(14-32-23)8-7-21(34)33-22/h2-6,11-13,16,32H,7-10,14-15H2,1H3,(H,33,34)/t16-,22?,23+/m1/s1. The number of benzene rings is 2. The van der Waals surface area contributed by atoms with Gasteiger partial charge in [-0.25, -0.2) is 0 Å². The van der Waals surface area contributed by atoms with E-state index < -0.39 is 35.1 Å². The van der Waals surface area contributed by atoms with Crippen molar-refractivity contribution < 1.29 is 35.9 Å². The molecule has 190 valence electrons. The fourth-order valence-corrected chi connectivity index (χ4v) is 4.85. The number of carbonyl (C=O) groups is 1. The van der Waals surface area contributed by atoms with E-state index in [9.17, 15) is 31.1 Å². The van der Waals surface area contributed by atoms with Crippen LogP contribution in [-0.2, 0) is 27.4 Å². The molecule has 4 rings (SSSR count). The number of halogens is 6. The van der Waals surface area contributed by atoms with Gasteiger partial charge in [0.1, 0.15) is 0 Å². The first kappa shape index (κ1) is 25.5. The van der Waals surface area contributed by atoms with Crippen molar-refractivity contribution in [3.63, 3.8) is 0 Å². The van der Waals surface area contributed by atoms with E-state index in [4.69, 9.17) is 4.74 Å². The van der Waals surface area contributed by atoms with Gasteiger partial charge in [-0.2, -0.15) is 26.3 Å². The largest absolute Gasteiger partial charge is 0.416 e. The van der Waals surface area contributed by atoms with Crippen LogP contribution in [0.25, 0.3) is 0 Å². The summed E-state index contributed by atoms with van der Waals surface area (Å²) in [4.78, 5) is 11.8. The number of rotatable bonds is 5. The van der Waals surface area contributed by atoms with Crippen LogP contribution in [0.3, 0.4) is 0 Å². The highest BCUT2D eigenvalue weighted by Gasteiger charge is 2.47. The Morgan fingerprint density at radius 3 is 2.06 bits per heavy atom. The van der Waals surface area contributed by atoms with Gasteiger partial charge in [0.25, 0.3) is 0 Å². The summed E-state index contributed by atoms with van der Waals surface area (Å²) in [5.74, 6) is -0.00565. The SMILES string of the molecule is C[C@@H](OC[C@]1(c2ccccc2)CCC2(CCC(=O)N2)CN1)c1cc(C(F)(F)F)cc(C(F)(F)F)c1. The highest BCUT2D eigenvalue weighted by molar-refractivity contribution is 5.79. The first-order valence-electron chi connectivity index (χ1n) is 11.3. The minimum Gasteiger partial charge on any atom is -0.372 e. The van der Waals surface area contributed by atoms with E-state index in [1.54, 1.807) is 0 Å². The average Bonchev–Trinajstić information content (AvgIpc) is 3.18. The zero-order chi connectivity index (χ0) is 25.5. The average molecular weight is 500 g/mol. The van der Waals surface area contributed by atoms with Crippen molar-refractivity contribution in [1.82, 2.24) is 10.6 Å². The second-order valence-electron chi connectivity index (χ2n) is 9.42. The number of hydrogen-bond donors (Lipinski definition) is 2. The molecule has 1 amide bonds. The Morgan fingerprint density at radius 2 is 1.57 bits per heavy atom. The van der Waals surface area contributed by atoms with Crippen molar-refractivity contribution in [3.8, 4) is 0 Å². The lowest BCUT2D eigenvalue weighted by molar-refractivity contribution is -0.143. The Balaban J connectivity index is 1.58. The third-order valence-electron chi connectivity index (χ3n) is 7.02. The molecule has 0 radical (unpaired) electrons. The van der Waals surface area contributed by atoms with Crippen LogP contribution in [0.5, 0.6) is 0 Å².